The molecule has 0 spiro atoms. The summed E-state index contributed by atoms with van der Waals surface area (Å²) in [5.74, 6) is 1.06. The Morgan fingerprint density at radius 2 is 1.74 bits per heavy atom. The first-order chi connectivity index (χ1) is 15.3. The maximum absolute atomic E-state index is 4.73. The topological polar surface area (TPSA) is 54.8 Å². The lowest BCUT2D eigenvalue weighted by Crippen LogP contribution is -2.25. The molecule has 5 heteroatoms. The van der Waals surface area contributed by atoms with Crippen LogP contribution in [-0.4, -0.2) is 14.5 Å². The minimum Gasteiger partial charge on any atom is -0.330 e. The van der Waals surface area contributed by atoms with E-state index in [-0.39, 0.29) is 0 Å². The van der Waals surface area contributed by atoms with E-state index in [2.05, 4.69) is 75.8 Å². The molecule has 0 bridgehead atoms. The van der Waals surface area contributed by atoms with Gasteiger partial charge in [-0.25, -0.2) is 4.98 Å². The molecule has 5 rings (SSSR count). The van der Waals surface area contributed by atoms with Crippen molar-refractivity contribution in [3.8, 4) is 0 Å². The predicted molar refractivity (Wildman–Crippen MR) is 124 cm³/mol. The molecule has 0 radical (unpaired) electrons. The summed E-state index contributed by atoms with van der Waals surface area (Å²) >= 11 is 0. The third-order valence-corrected chi connectivity index (χ3v) is 6.26. The zero-order valence-electron chi connectivity index (χ0n) is 18.0. The third-order valence-electron chi connectivity index (χ3n) is 6.26. The van der Waals surface area contributed by atoms with Crippen molar-refractivity contribution in [3.63, 3.8) is 0 Å². The van der Waals surface area contributed by atoms with Crippen LogP contribution in [0.5, 0.6) is 0 Å². The van der Waals surface area contributed by atoms with Crippen LogP contribution < -0.4 is 10.6 Å². The van der Waals surface area contributed by atoms with Crippen molar-refractivity contribution in [2.75, 3.05) is 0 Å². The normalized spacial score (nSPS) is 15.8. The second-order valence-corrected chi connectivity index (χ2v) is 8.37. The molecule has 2 heterocycles. The molecule has 0 saturated heterocycles. The Balaban J connectivity index is 1.14. The van der Waals surface area contributed by atoms with Gasteiger partial charge in [-0.3, -0.25) is 4.98 Å². The van der Waals surface area contributed by atoms with Gasteiger partial charge in [0.25, 0.3) is 0 Å². The minimum atomic E-state index is 0.361. The van der Waals surface area contributed by atoms with E-state index >= 15 is 0 Å². The van der Waals surface area contributed by atoms with Gasteiger partial charge < -0.3 is 15.2 Å². The number of pyridine rings is 1. The fraction of sp³-hybridized carbons (Fsp3) is 0.308. The van der Waals surface area contributed by atoms with Gasteiger partial charge >= 0.3 is 0 Å². The van der Waals surface area contributed by atoms with E-state index in [4.69, 9.17) is 4.98 Å². The molecule has 0 aliphatic heterocycles. The highest BCUT2D eigenvalue weighted by atomic mass is 15.1. The SMILES string of the molecule is Cn1c(CNCc2ccc(CNC3CCCc4cccnc43)cc2)nc2ccccc21. The van der Waals surface area contributed by atoms with E-state index in [0.717, 1.165) is 43.8 Å². The molecular formula is C26H29N5. The highest BCUT2D eigenvalue weighted by molar-refractivity contribution is 5.75. The Morgan fingerprint density at radius 1 is 0.935 bits per heavy atom. The number of aromatic nitrogens is 3. The number of fused-ring (bicyclic) bond motifs is 2. The van der Waals surface area contributed by atoms with Gasteiger partial charge in [-0.1, -0.05) is 42.5 Å². The summed E-state index contributed by atoms with van der Waals surface area (Å²) in [7, 11) is 2.08. The second-order valence-electron chi connectivity index (χ2n) is 8.37. The van der Waals surface area contributed by atoms with E-state index in [9.17, 15) is 0 Å². The third kappa shape index (κ3) is 4.38. The monoisotopic (exact) mass is 411 g/mol. The van der Waals surface area contributed by atoms with Crippen molar-refractivity contribution in [1.82, 2.24) is 25.2 Å². The van der Waals surface area contributed by atoms with Crippen LogP contribution >= 0.6 is 0 Å². The van der Waals surface area contributed by atoms with E-state index < -0.39 is 0 Å². The van der Waals surface area contributed by atoms with E-state index in [0.29, 0.717) is 6.04 Å². The van der Waals surface area contributed by atoms with Crippen LogP contribution in [0.1, 0.15) is 47.1 Å². The fourth-order valence-corrected chi connectivity index (χ4v) is 4.50. The van der Waals surface area contributed by atoms with Crippen molar-refractivity contribution in [2.45, 2.75) is 44.9 Å². The van der Waals surface area contributed by atoms with Gasteiger partial charge in [-0.2, -0.15) is 0 Å². The molecule has 4 aromatic rings. The first-order valence-electron chi connectivity index (χ1n) is 11.1. The molecule has 5 nitrogen and oxygen atoms in total. The maximum atomic E-state index is 4.73. The zero-order chi connectivity index (χ0) is 21.0. The maximum Gasteiger partial charge on any atom is 0.123 e. The first kappa shape index (κ1) is 19.9. The van der Waals surface area contributed by atoms with Crippen LogP contribution in [0.3, 0.4) is 0 Å². The highest BCUT2D eigenvalue weighted by Gasteiger charge is 2.20. The van der Waals surface area contributed by atoms with Crippen molar-refractivity contribution in [1.29, 1.82) is 0 Å². The van der Waals surface area contributed by atoms with Crippen LogP contribution in [0.25, 0.3) is 11.0 Å². The average Bonchev–Trinajstić information content (AvgIpc) is 3.14. The van der Waals surface area contributed by atoms with Crippen LogP contribution in [-0.2, 0) is 33.1 Å². The van der Waals surface area contributed by atoms with Crippen LogP contribution in [0.4, 0.5) is 0 Å². The van der Waals surface area contributed by atoms with Gasteiger partial charge in [0.05, 0.1) is 29.3 Å². The Labute approximate surface area is 183 Å². The van der Waals surface area contributed by atoms with Crippen molar-refractivity contribution in [2.24, 2.45) is 7.05 Å². The molecule has 0 fully saturated rings. The molecule has 2 aromatic heterocycles. The summed E-state index contributed by atoms with van der Waals surface area (Å²) in [5, 5.41) is 7.23. The average molecular weight is 412 g/mol. The molecule has 2 aromatic carbocycles. The minimum absolute atomic E-state index is 0.361. The molecule has 1 atom stereocenters. The van der Waals surface area contributed by atoms with E-state index in [1.807, 2.05) is 18.3 Å². The largest absolute Gasteiger partial charge is 0.330 e. The molecular weight excluding hydrogens is 382 g/mol. The standard InChI is InChI=1S/C26H29N5/c1-31-24-10-3-2-8-22(24)30-25(31)18-27-16-19-11-13-20(14-12-19)17-29-23-9-4-6-21-7-5-15-28-26(21)23/h2-3,5,7-8,10-15,23,27,29H,4,6,9,16-18H2,1H3. The van der Waals surface area contributed by atoms with Crippen LogP contribution in [0, 0.1) is 0 Å². The molecule has 2 N–H and O–H groups in total. The summed E-state index contributed by atoms with van der Waals surface area (Å²) in [6.45, 7) is 2.45. The van der Waals surface area contributed by atoms with Gasteiger partial charge in [0.1, 0.15) is 5.82 Å². The van der Waals surface area contributed by atoms with Gasteiger partial charge in [-0.05, 0) is 54.2 Å². The lowest BCUT2D eigenvalue weighted by molar-refractivity contribution is 0.447. The summed E-state index contributed by atoms with van der Waals surface area (Å²) in [5.41, 5.74) is 7.44. The number of hydrogen-bond donors (Lipinski definition) is 2. The van der Waals surface area contributed by atoms with Crippen molar-refractivity contribution in [3.05, 3.63) is 95.1 Å². The number of rotatable bonds is 7. The zero-order valence-corrected chi connectivity index (χ0v) is 18.0. The summed E-state index contributed by atoms with van der Waals surface area (Å²) in [4.78, 5) is 9.36. The number of hydrogen-bond acceptors (Lipinski definition) is 4. The number of benzene rings is 2. The Morgan fingerprint density at radius 3 is 2.58 bits per heavy atom. The molecule has 1 unspecified atom stereocenters. The Hall–Kier alpha value is -3.02. The van der Waals surface area contributed by atoms with Gasteiger partial charge in [0.15, 0.2) is 0 Å². The van der Waals surface area contributed by atoms with E-state index in [1.54, 1.807) is 0 Å². The van der Waals surface area contributed by atoms with Gasteiger partial charge in [0.2, 0.25) is 0 Å². The number of imidazole rings is 1. The first-order valence-corrected chi connectivity index (χ1v) is 11.1. The predicted octanol–water partition coefficient (Wildman–Crippen LogP) is 4.43. The lowest BCUT2D eigenvalue weighted by Gasteiger charge is -2.25. The molecule has 0 saturated carbocycles. The second kappa shape index (κ2) is 9.00. The van der Waals surface area contributed by atoms with Crippen molar-refractivity contribution >= 4 is 11.0 Å². The van der Waals surface area contributed by atoms with Gasteiger partial charge in [-0.15, -0.1) is 0 Å². The molecule has 1 aliphatic carbocycles. The molecule has 31 heavy (non-hydrogen) atoms. The number of nitrogens with one attached hydrogen (secondary N) is 2. The van der Waals surface area contributed by atoms with Crippen LogP contribution in [0.15, 0.2) is 66.9 Å². The summed E-state index contributed by atoms with van der Waals surface area (Å²) in [6, 6.07) is 21.8. The summed E-state index contributed by atoms with van der Waals surface area (Å²) < 4.78 is 2.16. The van der Waals surface area contributed by atoms with Gasteiger partial charge in [0, 0.05) is 26.3 Å². The lowest BCUT2D eigenvalue weighted by atomic mass is 9.92. The smallest absolute Gasteiger partial charge is 0.123 e. The Bertz CT molecular complexity index is 1160. The quantitative estimate of drug-likeness (QED) is 0.473. The fourth-order valence-electron chi connectivity index (χ4n) is 4.50. The molecule has 0 amide bonds. The summed E-state index contributed by atoms with van der Waals surface area (Å²) in [6.07, 6.45) is 5.45. The molecule has 1 aliphatic rings. The Kier molecular flexibility index (Phi) is 5.78. The van der Waals surface area contributed by atoms with Crippen molar-refractivity contribution < 1.29 is 0 Å². The van der Waals surface area contributed by atoms with E-state index in [1.165, 1.54) is 34.3 Å². The van der Waals surface area contributed by atoms with Crippen LogP contribution in [0.2, 0.25) is 0 Å². The number of nitrogens with zero attached hydrogens (tertiary/aromatic N) is 3. The highest BCUT2D eigenvalue weighted by Crippen LogP contribution is 2.27. The number of para-hydroxylation sites is 2. The number of aryl methyl sites for hydroxylation is 2. The molecule has 158 valence electrons.